The van der Waals surface area contributed by atoms with Gasteiger partial charge in [0.15, 0.2) is 17.5 Å². The molecular weight excluding hydrogens is 727 g/mol. The molecular formula is C53H31N3OS. The number of aromatic nitrogens is 3. The van der Waals surface area contributed by atoms with Gasteiger partial charge in [0.1, 0.15) is 11.2 Å². The fourth-order valence-corrected chi connectivity index (χ4v) is 9.63. The van der Waals surface area contributed by atoms with E-state index >= 15 is 0 Å². The van der Waals surface area contributed by atoms with E-state index in [1.807, 2.05) is 6.07 Å². The Bertz CT molecular complexity index is 3570. The number of rotatable bonds is 5. The lowest BCUT2D eigenvalue weighted by Crippen LogP contribution is -2.00. The molecule has 4 nitrogen and oxygen atoms in total. The topological polar surface area (TPSA) is 51.8 Å². The summed E-state index contributed by atoms with van der Waals surface area (Å²) in [6.07, 6.45) is 0. The molecule has 0 atom stereocenters. The maximum absolute atomic E-state index is 6.76. The Morgan fingerprint density at radius 3 is 1.78 bits per heavy atom. The van der Waals surface area contributed by atoms with E-state index in [1.54, 1.807) is 11.3 Å². The van der Waals surface area contributed by atoms with Crippen LogP contribution in [-0.2, 0) is 0 Å². The summed E-state index contributed by atoms with van der Waals surface area (Å²) in [6.45, 7) is 0. The Labute approximate surface area is 337 Å². The largest absolute Gasteiger partial charge is 0.455 e. The van der Waals surface area contributed by atoms with Crippen LogP contribution in [0, 0.1) is 0 Å². The first-order valence-electron chi connectivity index (χ1n) is 19.4. The van der Waals surface area contributed by atoms with Crippen molar-refractivity contribution in [3.63, 3.8) is 0 Å². The summed E-state index contributed by atoms with van der Waals surface area (Å²) >= 11 is 1.80. The SMILES string of the molecule is c1ccc(-c2ccc(-c3ccc(-c4nc(-c5ccc6ccccc6c5)nc(-c5cccc6sc7ccccc7c56)n4)cc3)c3c2oc2cc4ccccc4cc23)cc1. The molecule has 58 heavy (non-hydrogen) atoms. The van der Waals surface area contributed by atoms with Gasteiger partial charge in [-0.2, -0.15) is 0 Å². The van der Waals surface area contributed by atoms with Crippen LogP contribution in [0.25, 0.3) is 120 Å². The van der Waals surface area contributed by atoms with E-state index in [0.717, 1.165) is 71.7 Å². The van der Waals surface area contributed by atoms with Gasteiger partial charge in [-0.05, 0) is 74.6 Å². The molecule has 0 saturated carbocycles. The van der Waals surface area contributed by atoms with Crippen LogP contribution in [0.2, 0.25) is 0 Å². The summed E-state index contributed by atoms with van der Waals surface area (Å²) < 4.78 is 9.22. The molecule has 5 heteroatoms. The summed E-state index contributed by atoms with van der Waals surface area (Å²) in [4.78, 5) is 15.6. The van der Waals surface area contributed by atoms with Gasteiger partial charge in [0.25, 0.3) is 0 Å². The first kappa shape index (κ1) is 32.7. The van der Waals surface area contributed by atoms with Gasteiger partial charge in [0, 0.05) is 53.2 Å². The van der Waals surface area contributed by atoms with Gasteiger partial charge in [-0.3, -0.25) is 0 Å². The summed E-state index contributed by atoms with van der Waals surface area (Å²) in [5.74, 6) is 1.92. The Balaban J connectivity index is 1.04. The van der Waals surface area contributed by atoms with Gasteiger partial charge in [0.05, 0.1) is 0 Å². The highest BCUT2D eigenvalue weighted by Crippen LogP contribution is 2.44. The van der Waals surface area contributed by atoms with Crippen LogP contribution in [0.3, 0.4) is 0 Å². The molecule has 3 heterocycles. The molecule has 0 radical (unpaired) electrons. The molecule has 0 N–H and O–H groups in total. The van der Waals surface area contributed by atoms with Gasteiger partial charge >= 0.3 is 0 Å². The van der Waals surface area contributed by atoms with Crippen LogP contribution in [-0.4, -0.2) is 15.0 Å². The second kappa shape index (κ2) is 13.1. The predicted molar refractivity (Wildman–Crippen MR) is 242 cm³/mol. The third-order valence-electron chi connectivity index (χ3n) is 11.3. The molecule has 0 aliphatic heterocycles. The fraction of sp³-hybridized carbons (Fsp3) is 0. The Morgan fingerprint density at radius 1 is 0.345 bits per heavy atom. The smallest absolute Gasteiger partial charge is 0.164 e. The van der Waals surface area contributed by atoms with Crippen LogP contribution in [0.5, 0.6) is 0 Å². The average molecular weight is 758 g/mol. The van der Waals surface area contributed by atoms with Crippen molar-refractivity contribution in [2.45, 2.75) is 0 Å². The minimum Gasteiger partial charge on any atom is -0.455 e. The van der Waals surface area contributed by atoms with E-state index in [1.165, 1.54) is 30.9 Å². The van der Waals surface area contributed by atoms with Crippen molar-refractivity contribution >= 4 is 75.0 Å². The molecule has 9 aromatic carbocycles. The van der Waals surface area contributed by atoms with E-state index in [9.17, 15) is 0 Å². The van der Waals surface area contributed by atoms with Gasteiger partial charge in [-0.15, -0.1) is 11.3 Å². The number of hydrogen-bond donors (Lipinski definition) is 0. The Morgan fingerprint density at radius 2 is 0.948 bits per heavy atom. The van der Waals surface area contributed by atoms with E-state index in [-0.39, 0.29) is 0 Å². The Kier molecular flexibility index (Phi) is 7.37. The molecule has 0 saturated heterocycles. The van der Waals surface area contributed by atoms with Gasteiger partial charge in [-0.1, -0.05) is 152 Å². The number of furan rings is 1. The highest BCUT2D eigenvalue weighted by atomic mass is 32.1. The normalized spacial score (nSPS) is 11.8. The molecule has 0 amide bonds. The maximum atomic E-state index is 6.76. The summed E-state index contributed by atoms with van der Waals surface area (Å²) in [5, 5.41) is 9.24. The molecule has 0 spiro atoms. The summed E-state index contributed by atoms with van der Waals surface area (Å²) in [7, 11) is 0. The van der Waals surface area contributed by atoms with Crippen molar-refractivity contribution < 1.29 is 4.42 Å². The van der Waals surface area contributed by atoms with Crippen LogP contribution in [0.15, 0.2) is 192 Å². The minimum atomic E-state index is 0.626. The van der Waals surface area contributed by atoms with Crippen LogP contribution >= 0.6 is 11.3 Å². The second-order valence-electron chi connectivity index (χ2n) is 14.8. The average Bonchev–Trinajstić information content (AvgIpc) is 3.86. The van der Waals surface area contributed by atoms with Crippen molar-refractivity contribution in [3.8, 4) is 56.4 Å². The lowest BCUT2D eigenvalue weighted by molar-refractivity contribution is 0.670. The van der Waals surface area contributed by atoms with Crippen molar-refractivity contribution in [1.82, 2.24) is 15.0 Å². The van der Waals surface area contributed by atoms with Crippen LogP contribution in [0.4, 0.5) is 0 Å². The highest BCUT2D eigenvalue weighted by molar-refractivity contribution is 7.25. The van der Waals surface area contributed by atoms with E-state index < -0.39 is 0 Å². The lowest BCUT2D eigenvalue weighted by atomic mass is 9.93. The molecule has 0 aliphatic carbocycles. The number of benzene rings is 9. The number of nitrogens with zero attached hydrogens (tertiary/aromatic N) is 3. The second-order valence-corrected chi connectivity index (χ2v) is 15.8. The van der Waals surface area contributed by atoms with Crippen molar-refractivity contribution in [2.24, 2.45) is 0 Å². The minimum absolute atomic E-state index is 0.626. The van der Waals surface area contributed by atoms with Crippen molar-refractivity contribution in [1.29, 1.82) is 0 Å². The Hall–Kier alpha value is -7.47. The van der Waals surface area contributed by atoms with E-state index in [2.05, 4.69) is 182 Å². The van der Waals surface area contributed by atoms with Crippen molar-refractivity contribution in [3.05, 3.63) is 188 Å². The van der Waals surface area contributed by atoms with Crippen LogP contribution in [0.1, 0.15) is 0 Å². The molecule has 12 rings (SSSR count). The maximum Gasteiger partial charge on any atom is 0.164 e. The number of thiophene rings is 1. The standard InChI is InChI=1S/C53H31N3OS/c1-2-12-33(13-3-1)41-28-27-40(49-44-30-37-15-6-7-16-38(37)31-45(44)57-50(41)49)34-22-24-35(25-23-34)51-54-52(39-26-21-32-11-4-5-14-36(32)29-39)56-53(55-51)43-18-10-20-47-48(43)42-17-8-9-19-46(42)58-47/h1-31H. The molecule has 0 unspecified atom stereocenters. The lowest BCUT2D eigenvalue weighted by Gasteiger charge is -2.11. The molecule has 270 valence electrons. The zero-order chi connectivity index (χ0) is 38.2. The zero-order valence-corrected chi connectivity index (χ0v) is 31.9. The molecule has 0 bridgehead atoms. The molecule has 0 fully saturated rings. The molecule has 12 aromatic rings. The fourth-order valence-electron chi connectivity index (χ4n) is 8.49. The quantitative estimate of drug-likeness (QED) is 0.175. The van der Waals surface area contributed by atoms with Gasteiger partial charge in [-0.25, -0.2) is 15.0 Å². The first-order chi connectivity index (χ1) is 28.7. The molecule has 3 aromatic heterocycles. The number of hydrogen-bond acceptors (Lipinski definition) is 5. The first-order valence-corrected chi connectivity index (χ1v) is 20.2. The van der Waals surface area contributed by atoms with Crippen LogP contribution < -0.4 is 0 Å². The van der Waals surface area contributed by atoms with E-state index in [0.29, 0.717) is 17.5 Å². The third kappa shape index (κ3) is 5.32. The van der Waals surface area contributed by atoms with Gasteiger partial charge in [0.2, 0.25) is 0 Å². The van der Waals surface area contributed by atoms with Gasteiger partial charge < -0.3 is 4.42 Å². The van der Waals surface area contributed by atoms with Crippen molar-refractivity contribution in [2.75, 3.05) is 0 Å². The zero-order valence-electron chi connectivity index (χ0n) is 31.1. The number of fused-ring (bicyclic) bond motifs is 8. The molecule has 0 aliphatic rings. The summed E-state index contributed by atoms with van der Waals surface area (Å²) in [5.41, 5.74) is 9.01. The predicted octanol–water partition coefficient (Wildman–Crippen LogP) is 14.8. The summed E-state index contributed by atoms with van der Waals surface area (Å²) in [6, 6.07) is 66.2. The third-order valence-corrected chi connectivity index (χ3v) is 12.4. The monoisotopic (exact) mass is 757 g/mol. The highest BCUT2D eigenvalue weighted by Gasteiger charge is 2.20. The van der Waals surface area contributed by atoms with E-state index in [4.69, 9.17) is 19.4 Å².